The van der Waals surface area contributed by atoms with E-state index in [1.807, 2.05) is 0 Å². The predicted octanol–water partition coefficient (Wildman–Crippen LogP) is -2.53. The molecule has 31 heavy (non-hydrogen) atoms. The Labute approximate surface area is 178 Å². The van der Waals surface area contributed by atoms with Crippen molar-refractivity contribution in [2.75, 3.05) is 26.4 Å². The van der Waals surface area contributed by atoms with Gasteiger partial charge in [-0.2, -0.15) is 0 Å². The molecule has 12 nitrogen and oxygen atoms in total. The van der Waals surface area contributed by atoms with Crippen molar-refractivity contribution >= 4 is 29.6 Å². The average molecular weight is 437 g/mol. The zero-order valence-electron chi connectivity index (χ0n) is 17.1. The third-order valence-electron chi connectivity index (χ3n) is 3.94. The van der Waals surface area contributed by atoms with Gasteiger partial charge in [0.1, 0.15) is 12.8 Å². The number of nitrogens with one attached hydrogen (secondary N) is 4. The first-order chi connectivity index (χ1) is 14.7. The molecule has 0 radical (unpaired) electrons. The minimum Gasteiger partial charge on any atom is -0.479 e. The smallest absolute Gasteiger partial charge is 0.332 e. The van der Waals surface area contributed by atoms with E-state index in [1.54, 1.807) is 30.3 Å². The fourth-order valence-electron chi connectivity index (χ4n) is 2.23. The van der Waals surface area contributed by atoms with Crippen molar-refractivity contribution in [1.29, 1.82) is 0 Å². The van der Waals surface area contributed by atoms with E-state index in [9.17, 15) is 24.0 Å². The first kappa shape index (κ1) is 25.5. The van der Waals surface area contributed by atoms with Crippen molar-refractivity contribution in [3.63, 3.8) is 0 Å². The SMILES string of the molecule is C[C@H](OCNC(=O)CNC(=O)[C@H](Cc1ccccc1)NC(=O)CNC(=O)CN)C(=O)O. The Bertz CT molecular complexity index is 772. The maximum Gasteiger partial charge on any atom is 0.332 e. The van der Waals surface area contributed by atoms with Crippen molar-refractivity contribution in [3.8, 4) is 0 Å². The van der Waals surface area contributed by atoms with Gasteiger partial charge < -0.3 is 36.8 Å². The predicted molar refractivity (Wildman–Crippen MR) is 108 cm³/mol. The zero-order chi connectivity index (χ0) is 23.2. The van der Waals surface area contributed by atoms with Crippen LogP contribution in [0.5, 0.6) is 0 Å². The molecule has 0 saturated heterocycles. The molecule has 0 spiro atoms. The molecule has 0 aliphatic heterocycles. The Balaban J connectivity index is 2.60. The van der Waals surface area contributed by atoms with E-state index in [-0.39, 0.29) is 26.2 Å². The number of carbonyl (C=O) groups excluding carboxylic acids is 4. The minimum atomic E-state index is -1.18. The lowest BCUT2D eigenvalue weighted by Gasteiger charge is -2.19. The van der Waals surface area contributed by atoms with Gasteiger partial charge in [-0.3, -0.25) is 19.2 Å². The van der Waals surface area contributed by atoms with Crippen molar-refractivity contribution in [3.05, 3.63) is 35.9 Å². The summed E-state index contributed by atoms with van der Waals surface area (Å²) in [6.07, 6.45) is -0.940. The summed E-state index contributed by atoms with van der Waals surface area (Å²) in [6, 6.07) is 7.91. The fourth-order valence-corrected chi connectivity index (χ4v) is 2.23. The third kappa shape index (κ3) is 10.7. The molecule has 0 unspecified atom stereocenters. The summed E-state index contributed by atoms with van der Waals surface area (Å²) in [4.78, 5) is 58.3. The van der Waals surface area contributed by atoms with E-state index < -0.39 is 48.3 Å². The molecule has 2 atom stereocenters. The van der Waals surface area contributed by atoms with Crippen molar-refractivity contribution < 1.29 is 33.8 Å². The lowest BCUT2D eigenvalue weighted by Crippen LogP contribution is -2.52. The van der Waals surface area contributed by atoms with Crippen LogP contribution >= 0.6 is 0 Å². The zero-order valence-corrected chi connectivity index (χ0v) is 17.1. The van der Waals surface area contributed by atoms with Crippen LogP contribution in [0, 0.1) is 0 Å². The van der Waals surface area contributed by atoms with Gasteiger partial charge >= 0.3 is 5.97 Å². The maximum absolute atomic E-state index is 12.5. The number of hydrogen-bond donors (Lipinski definition) is 6. The topological polar surface area (TPSA) is 189 Å². The molecule has 0 aliphatic rings. The van der Waals surface area contributed by atoms with E-state index in [0.717, 1.165) is 5.56 Å². The van der Waals surface area contributed by atoms with Crippen LogP contribution in [0.4, 0.5) is 0 Å². The Morgan fingerprint density at radius 2 is 1.61 bits per heavy atom. The minimum absolute atomic E-state index is 0.157. The highest BCUT2D eigenvalue weighted by atomic mass is 16.5. The summed E-state index contributed by atoms with van der Waals surface area (Å²) < 4.78 is 4.87. The molecule has 0 fully saturated rings. The molecule has 1 aromatic rings. The highest BCUT2D eigenvalue weighted by molar-refractivity contribution is 5.92. The molecule has 12 heteroatoms. The number of benzene rings is 1. The molecule has 0 aromatic heterocycles. The number of aliphatic carboxylic acids is 1. The van der Waals surface area contributed by atoms with E-state index in [1.165, 1.54) is 6.92 Å². The molecule has 0 heterocycles. The number of carbonyl (C=O) groups is 5. The first-order valence-corrected chi connectivity index (χ1v) is 9.41. The number of ether oxygens (including phenoxy) is 1. The molecule has 7 N–H and O–H groups in total. The van der Waals surface area contributed by atoms with Gasteiger partial charge in [0, 0.05) is 6.42 Å². The number of carboxylic acid groups (broad SMARTS) is 1. The molecule has 1 aromatic carbocycles. The summed E-state index contributed by atoms with van der Waals surface area (Å²) >= 11 is 0. The Morgan fingerprint density at radius 1 is 0.968 bits per heavy atom. The van der Waals surface area contributed by atoms with E-state index in [0.29, 0.717) is 0 Å². The quantitative estimate of drug-likeness (QED) is 0.182. The summed E-state index contributed by atoms with van der Waals surface area (Å²) in [5.41, 5.74) is 5.93. The lowest BCUT2D eigenvalue weighted by molar-refractivity contribution is -0.150. The van der Waals surface area contributed by atoms with Crippen molar-refractivity contribution in [2.24, 2.45) is 5.73 Å². The van der Waals surface area contributed by atoms with Gasteiger partial charge in [-0.05, 0) is 12.5 Å². The highest BCUT2D eigenvalue weighted by Gasteiger charge is 2.22. The Morgan fingerprint density at radius 3 is 2.23 bits per heavy atom. The molecular weight excluding hydrogens is 410 g/mol. The van der Waals surface area contributed by atoms with Gasteiger partial charge in [0.25, 0.3) is 0 Å². The van der Waals surface area contributed by atoms with Crippen LogP contribution in [0.15, 0.2) is 30.3 Å². The van der Waals surface area contributed by atoms with Crippen LogP contribution in [0.2, 0.25) is 0 Å². The standard InChI is InChI=1S/C19H27N5O7/c1-12(19(29)30)31-11-23-16(26)9-22-18(28)14(7-13-5-3-2-4-6-13)24-17(27)10-21-15(25)8-20/h2-6,12,14H,7-11,20H2,1H3,(H,21,25)(H,22,28)(H,23,26)(H,24,27)(H,29,30)/t12-,14-/m0/s1. The van der Waals surface area contributed by atoms with Crippen LogP contribution in [-0.2, 0) is 35.1 Å². The first-order valence-electron chi connectivity index (χ1n) is 9.41. The molecular formula is C19H27N5O7. The maximum atomic E-state index is 12.5. The Kier molecular flexibility index (Phi) is 11.3. The fraction of sp³-hybridized carbons (Fsp3) is 0.421. The molecule has 0 saturated carbocycles. The van der Waals surface area contributed by atoms with Gasteiger partial charge in [0.05, 0.1) is 19.6 Å². The number of nitrogens with two attached hydrogens (primary N) is 1. The second kappa shape index (κ2) is 13.7. The summed E-state index contributed by atoms with van der Waals surface area (Å²) in [5.74, 6) is -3.51. The van der Waals surface area contributed by atoms with E-state index in [2.05, 4.69) is 21.3 Å². The molecule has 0 aliphatic carbocycles. The second-order valence-corrected chi connectivity index (χ2v) is 6.40. The largest absolute Gasteiger partial charge is 0.479 e. The monoisotopic (exact) mass is 437 g/mol. The molecule has 1 rings (SSSR count). The average Bonchev–Trinajstić information content (AvgIpc) is 2.75. The molecule has 170 valence electrons. The lowest BCUT2D eigenvalue weighted by atomic mass is 10.1. The van der Waals surface area contributed by atoms with Crippen molar-refractivity contribution in [1.82, 2.24) is 21.3 Å². The second-order valence-electron chi connectivity index (χ2n) is 6.40. The normalized spacial score (nSPS) is 12.2. The van der Waals surface area contributed by atoms with E-state index in [4.69, 9.17) is 15.6 Å². The molecule has 4 amide bonds. The third-order valence-corrected chi connectivity index (χ3v) is 3.94. The summed E-state index contributed by atoms with van der Waals surface area (Å²) in [6.45, 7) is -0.0650. The summed E-state index contributed by atoms with van der Waals surface area (Å²) in [7, 11) is 0. The number of hydrogen-bond acceptors (Lipinski definition) is 7. The van der Waals surface area contributed by atoms with Crippen molar-refractivity contribution in [2.45, 2.75) is 25.5 Å². The van der Waals surface area contributed by atoms with Gasteiger partial charge in [0.2, 0.25) is 23.6 Å². The van der Waals surface area contributed by atoms with Crippen LogP contribution in [0.3, 0.4) is 0 Å². The number of carboxylic acids is 1. The van der Waals surface area contributed by atoms with Crippen LogP contribution in [-0.4, -0.2) is 73.2 Å². The van der Waals surface area contributed by atoms with Crippen LogP contribution in [0.25, 0.3) is 0 Å². The van der Waals surface area contributed by atoms with E-state index >= 15 is 0 Å². The van der Waals surface area contributed by atoms with Gasteiger partial charge in [-0.15, -0.1) is 0 Å². The van der Waals surface area contributed by atoms with Gasteiger partial charge in [-0.25, -0.2) is 4.79 Å². The highest BCUT2D eigenvalue weighted by Crippen LogP contribution is 2.03. The Hall–Kier alpha value is -3.51. The number of rotatable bonds is 13. The van der Waals surface area contributed by atoms with Crippen LogP contribution in [0.1, 0.15) is 12.5 Å². The van der Waals surface area contributed by atoms with Crippen LogP contribution < -0.4 is 27.0 Å². The number of amides is 4. The summed E-state index contributed by atoms with van der Waals surface area (Å²) in [5, 5.41) is 18.2. The van der Waals surface area contributed by atoms with Gasteiger partial charge in [-0.1, -0.05) is 30.3 Å². The molecule has 0 bridgehead atoms. The van der Waals surface area contributed by atoms with Gasteiger partial charge in [0.15, 0.2) is 6.10 Å².